The fourth-order valence-corrected chi connectivity index (χ4v) is 1.35. The van der Waals surface area contributed by atoms with E-state index < -0.39 is 0 Å². The Bertz CT molecular complexity index is 83.0. The van der Waals surface area contributed by atoms with Crippen molar-refractivity contribution in [2.45, 2.75) is 31.8 Å². The number of methoxy groups -OCH3 is 1. The first kappa shape index (κ1) is 7.03. The van der Waals surface area contributed by atoms with E-state index in [0.717, 1.165) is 6.61 Å². The van der Waals surface area contributed by atoms with Crippen molar-refractivity contribution in [3.8, 4) is 0 Å². The molecular weight excluding hydrogens is 114 g/mol. The van der Waals surface area contributed by atoms with Crippen LogP contribution in [0.5, 0.6) is 0 Å². The summed E-state index contributed by atoms with van der Waals surface area (Å²) in [6.45, 7) is 3.08. The van der Waals surface area contributed by atoms with Gasteiger partial charge in [-0.3, -0.25) is 0 Å². The minimum Gasteiger partial charge on any atom is -0.383 e. The summed E-state index contributed by atoms with van der Waals surface area (Å²) >= 11 is 0. The van der Waals surface area contributed by atoms with E-state index in [1.54, 1.807) is 7.11 Å². The van der Waals surface area contributed by atoms with Gasteiger partial charge in [0.1, 0.15) is 0 Å². The van der Waals surface area contributed by atoms with Crippen molar-refractivity contribution in [3.63, 3.8) is 0 Å². The van der Waals surface area contributed by atoms with Gasteiger partial charge in [0.05, 0.1) is 6.61 Å². The van der Waals surface area contributed by atoms with Crippen molar-refractivity contribution >= 4 is 0 Å². The van der Waals surface area contributed by atoms with E-state index in [0.29, 0.717) is 12.1 Å². The molecule has 1 saturated heterocycles. The van der Waals surface area contributed by atoms with Crippen LogP contribution in [0, 0.1) is 0 Å². The zero-order chi connectivity index (χ0) is 6.69. The Morgan fingerprint density at radius 2 is 2.33 bits per heavy atom. The molecular formula is C7H15NO. The topological polar surface area (TPSA) is 21.3 Å². The van der Waals surface area contributed by atoms with Gasteiger partial charge in [-0.25, -0.2) is 0 Å². The second-order valence-electron chi connectivity index (χ2n) is 2.80. The summed E-state index contributed by atoms with van der Waals surface area (Å²) in [5, 5.41) is 3.43. The molecule has 1 fully saturated rings. The van der Waals surface area contributed by atoms with Gasteiger partial charge in [0, 0.05) is 19.2 Å². The molecule has 2 heteroatoms. The Kier molecular flexibility index (Phi) is 2.49. The molecule has 1 heterocycles. The Labute approximate surface area is 56.6 Å². The maximum absolute atomic E-state index is 5.01. The van der Waals surface area contributed by atoms with Crippen LogP contribution < -0.4 is 5.32 Å². The zero-order valence-corrected chi connectivity index (χ0v) is 6.18. The highest BCUT2D eigenvalue weighted by Gasteiger charge is 2.18. The number of hydrogen-bond acceptors (Lipinski definition) is 2. The lowest BCUT2D eigenvalue weighted by molar-refractivity contribution is 0.172. The molecule has 0 aromatic rings. The summed E-state index contributed by atoms with van der Waals surface area (Å²) in [5.74, 6) is 0. The second-order valence-corrected chi connectivity index (χ2v) is 2.80. The van der Waals surface area contributed by atoms with E-state index in [1.807, 2.05) is 0 Å². The van der Waals surface area contributed by atoms with Crippen LogP contribution in [-0.2, 0) is 4.74 Å². The lowest BCUT2D eigenvalue weighted by Gasteiger charge is -2.08. The number of ether oxygens (including phenoxy) is 1. The monoisotopic (exact) mass is 129 g/mol. The summed E-state index contributed by atoms with van der Waals surface area (Å²) in [7, 11) is 1.75. The molecule has 1 unspecified atom stereocenters. The highest BCUT2D eigenvalue weighted by Crippen LogP contribution is 2.10. The van der Waals surface area contributed by atoms with Crippen molar-refractivity contribution in [3.05, 3.63) is 0 Å². The fourth-order valence-electron chi connectivity index (χ4n) is 1.35. The van der Waals surface area contributed by atoms with Crippen LogP contribution in [0.25, 0.3) is 0 Å². The molecule has 0 spiro atoms. The molecule has 2 nitrogen and oxygen atoms in total. The van der Waals surface area contributed by atoms with E-state index in [1.165, 1.54) is 12.8 Å². The number of hydrogen-bond donors (Lipinski definition) is 1. The van der Waals surface area contributed by atoms with E-state index in [4.69, 9.17) is 4.74 Å². The van der Waals surface area contributed by atoms with E-state index in [2.05, 4.69) is 12.2 Å². The van der Waals surface area contributed by atoms with Crippen LogP contribution in [0.2, 0.25) is 0 Å². The van der Waals surface area contributed by atoms with Gasteiger partial charge in [0.2, 0.25) is 0 Å². The predicted molar refractivity (Wildman–Crippen MR) is 37.5 cm³/mol. The van der Waals surface area contributed by atoms with Crippen LogP contribution in [-0.4, -0.2) is 25.8 Å². The molecule has 9 heavy (non-hydrogen) atoms. The van der Waals surface area contributed by atoms with Gasteiger partial charge in [-0.2, -0.15) is 0 Å². The summed E-state index contributed by atoms with van der Waals surface area (Å²) in [6, 6.07) is 1.31. The third-order valence-electron chi connectivity index (χ3n) is 1.84. The minimum atomic E-state index is 0.616. The third kappa shape index (κ3) is 1.95. The van der Waals surface area contributed by atoms with Crippen molar-refractivity contribution < 1.29 is 4.74 Å². The third-order valence-corrected chi connectivity index (χ3v) is 1.84. The van der Waals surface area contributed by atoms with E-state index >= 15 is 0 Å². The van der Waals surface area contributed by atoms with Gasteiger partial charge in [0.25, 0.3) is 0 Å². The van der Waals surface area contributed by atoms with Gasteiger partial charge in [-0.15, -0.1) is 0 Å². The van der Waals surface area contributed by atoms with Crippen molar-refractivity contribution in [2.24, 2.45) is 0 Å². The van der Waals surface area contributed by atoms with Gasteiger partial charge in [-0.1, -0.05) is 0 Å². The van der Waals surface area contributed by atoms with Crippen molar-refractivity contribution in [2.75, 3.05) is 13.7 Å². The molecule has 0 amide bonds. The fraction of sp³-hybridized carbons (Fsp3) is 1.00. The summed E-state index contributed by atoms with van der Waals surface area (Å²) in [5.41, 5.74) is 0. The summed E-state index contributed by atoms with van der Waals surface area (Å²) < 4.78 is 5.01. The Balaban J connectivity index is 2.14. The standard InChI is InChI=1S/C7H15NO/c1-6-3-4-7(8-6)5-9-2/h6-8H,3-5H2,1-2H3/t6?,7-/m0/s1. The maximum atomic E-state index is 5.01. The van der Waals surface area contributed by atoms with Crippen LogP contribution >= 0.6 is 0 Å². The average molecular weight is 129 g/mol. The zero-order valence-electron chi connectivity index (χ0n) is 6.18. The van der Waals surface area contributed by atoms with Crippen LogP contribution in [0.4, 0.5) is 0 Å². The molecule has 0 bridgehead atoms. The summed E-state index contributed by atoms with van der Waals surface area (Å²) in [4.78, 5) is 0. The first-order valence-corrected chi connectivity index (χ1v) is 3.58. The van der Waals surface area contributed by atoms with Crippen LogP contribution in [0.15, 0.2) is 0 Å². The molecule has 2 atom stereocenters. The summed E-state index contributed by atoms with van der Waals surface area (Å²) in [6.07, 6.45) is 2.57. The van der Waals surface area contributed by atoms with Gasteiger partial charge in [0.15, 0.2) is 0 Å². The number of rotatable bonds is 2. The van der Waals surface area contributed by atoms with E-state index in [-0.39, 0.29) is 0 Å². The smallest absolute Gasteiger partial charge is 0.0615 e. The first-order valence-electron chi connectivity index (χ1n) is 3.58. The molecule has 54 valence electrons. The molecule has 1 aliphatic heterocycles. The molecule has 0 radical (unpaired) electrons. The molecule has 0 saturated carbocycles. The van der Waals surface area contributed by atoms with Crippen LogP contribution in [0.3, 0.4) is 0 Å². The molecule has 0 aromatic heterocycles. The largest absolute Gasteiger partial charge is 0.383 e. The number of nitrogens with one attached hydrogen (secondary N) is 1. The van der Waals surface area contributed by atoms with E-state index in [9.17, 15) is 0 Å². The molecule has 1 rings (SSSR count). The van der Waals surface area contributed by atoms with Gasteiger partial charge < -0.3 is 10.1 Å². The van der Waals surface area contributed by atoms with Crippen LogP contribution in [0.1, 0.15) is 19.8 Å². The lowest BCUT2D eigenvalue weighted by atomic mass is 10.2. The first-order chi connectivity index (χ1) is 4.33. The highest BCUT2D eigenvalue weighted by molar-refractivity contribution is 4.79. The second kappa shape index (κ2) is 3.18. The molecule has 0 aromatic carbocycles. The quantitative estimate of drug-likeness (QED) is 0.594. The Morgan fingerprint density at radius 1 is 1.56 bits per heavy atom. The molecule has 1 N–H and O–H groups in total. The van der Waals surface area contributed by atoms with Crippen molar-refractivity contribution in [1.29, 1.82) is 0 Å². The van der Waals surface area contributed by atoms with Crippen molar-refractivity contribution in [1.82, 2.24) is 5.32 Å². The normalized spacial score (nSPS) is 35.3. The molecule has 0 aliphatic carbocycles. The predicted octanol–water partition coefficient (Wildman–Crippen LogP) is 0.773. The minimum absolute atomic E-state index is 0.616. The lowest BCUT2D eigenvalue weighted by Crippen LogP contribution is -2.30. The maximum Gasteiger partial charge on any atom is 0.0615 e. The molecule has 1 aliphatic rings. The van der Waals surface area contributed by atoms with Gasteiger partial charge in [-0.05, 0) is 19.8 Å². The SMILES string of the molecule is COC[C@@H]1CCC(C)N1. The average Bonchev–Trinajstić information content (AvgIpc) is 2.17. The van der Waals surface area contributed by atoms with Gasteiger partial charge >= 0.3 is 0 Å². The highest BCUT2D eigenvalue weighted by atomic mass is 16.5. The Morgan fingerprint density at radius 3 is 2.78 bits per heavy atom. The Hall–Kier alpha value is -0.0800.